The molecule has 6 heteroatoms. The molecule has 0 radical (unpaired) electrons. The Morgan fingerprint density at radius 3 is 2.72 bits per heavy atom. The molecule has 25 heavy (non-hydrogen) atoms. The van der Waals surface area contributed by atoms with Crippen molar-refractivity contribution in [2.45, 2.75) is 6.92 Å². The third-order valence-corrected chi connectivity index (χ3v) is 3.50. The smallest absolute Gasteiger partial charge is 0.266 e. The maximum absolute atomic E-state index is 12.3. The third-order valence-electron chi connectivity index (χ3n) is 3.20. The SMILES string of the molecule is Cc1cccc(NC(=O)/C(C#N)=C/c2ccc(OCC#N)c(Cl)c2)c1. The van der Waals surface area contributed by atoms with Crippen LogP contribution in [0, 0.1) is 29.6 Å². The van der Waals surface area contributed by atoms with Crippen molar-refractivity contribution >= 4 is 29.3 Å². The van der Waals surface area contributed by atoms with Crippen molar-refractivity contribution in [3.8, 4) is 17.9 Å². The predicted octanol–water partition coefficient (Wildman–Crippen LogP) is 4.10. The van der Waals surface area contributed by atoms with Gasteiger partial charge in [-0.25, -0.2) is 0 Å². The summed E-state index contributed by atoms with van der Waals surface area (Å²) in [4.78, 5) is 12.3. The van der Waals surface area contributed by atoms with Gasteiger partial charge >= 0.3 is 0 Å². The molecule has 1 amide bonds. The molecule has 0 fully saturated rings. The minimum Gasteiger partial charge on any atom is -0.477 e. The summed E-state index contributed by atoms with van der Waals surface area (Å²) >= 11 is 6.07. The molecule has 0 aliphatic carbocycles. The second kappa shape index (κ2) is 8.54. The van der Waals surface area contributed by atoms with Crippen LogP contribution in [-0.2, 0) is 4.79 Å². The van der Waals surface area contributed by atoms with E-state index in [0.29, 0.717) is 22.0 Å². The van der Waals surface area contributed by atoms with E-state index in [1.54, 1.807) is 24.3 Å². The van der Waals surface area contributed by atoms with Crippen LogP contribution in [0.3, 0.4) is 0 Å². The van der Waals surface area contributed by atoms with Crippen LogP contribution >= 0.6 is 11.6 Å². The van der Waals surface area contributed by atoms with E-state index in [1.165, 1.54) is 6.08 Å². The fourth-order valence-electron chi connectivity index (χ4n) is 2.07. The van der Waals surface area contributed by atoms with Gasteiger partial charge in [0.2, 0.25) is 0 Å². The highest BCUT2D eigenvalue weighted by atomic mass is 35.5. The van der Waals surface area contributed by atoms with Gasteiger partial charge in [-0.3, -0.25) is 4.79 Å². The summed E-state index contributed by atoms with van der Waals surface area (Å²) < 4.78 is 5.15. The van der Waals surface area contributed by atoms with Crippen LogP contribution < -0.4 is 10.1 Å². The van der Waals surface area contributed by atoms with Crippen LogP contribution in [0.1, 0.15) is 11.1 Å². The van der Waals surface area contributed by atoms with Crippen LogP contribution in [0.15, 0.2) is 48.0 Å². The molecule has 1 N–H and O–H groups in total. The molecule has 0 aliphatic rings. The van der Waals surface area contributed by atoms with Gasteiger partial charge in [0.15, 0.2) is 6.61 Å². The highest BCUT2D eigenvalue weighted by Crippen LogP contribution is 2.26. The van der Waals surface area contributed by atoms with Gasteiger partial charge in [-0.05, 0) is 48.4 Å². The second-order valence-electron chi connectivity index (χ2n) is 5.13. The Labute approximate surface area is 150 Å². The quantitative estimate of drug-likeness (QED) is 0.649. The number of amides is 1. The van der Waals surface area contributed by atoms with Crippen molar-refractivity contribution in [2.75, 3.05) is 11.9 Å². The van der Waals surface area contributed by atoms with Crippen molar-refractivity contribution in [1.29, 1.82) is 10.5 Å². The van der Waals surface area contributed by atoms with Crippen LogP contribution in [0.4, 0.5) is 5.69 Å². The summed E-state index contributed by atoms with van der Waals surface area (Å²) in [5, 5.41) is 20.7. The zero-order chi connectivity index (χ0) is 18.2. The molecular formula is C19H14ClN3O2. The van der Waals surface area contributed by atoms with Crippen molar-refractivity contribution in [3.05, 3.63) is 64.2 Å². The lowest BCUT2D eigenvalue weighted by atomic mass is 10.1. The zero-order valence-corrected chi connectivity index (χ0v) is 14.2. The largest absolute Gasteiger partial charge is 0.477 e. The fraction of sp³-hybridized carbons (Fsp3) is 0.105. The molecule has 0 saturated heterocycles. The first-order chi connectivity index (χ1) is 12.0. The molecule has 2 aromatic carbocycles. The van der Waals surface area contributed by atoms with Crippen molar-refractivity contribution in [3.63, 3.8) is 0 Å². The molecule has 0 saturated carbocycles. The van der Waals surface area contributed by atoms with Gasteiger partial charge in [0.25, 0.3) is 5.91 Å². The highest BCUT2D eigenvalue weighted by molar-refractivity contribution is 6.32. The molecule has 2 rings (SSSR count). The average Bonchev–Trinajstić information content (AvgIpc) is 2.58. The van der Waals surface area contributed by atoms with E-state index < -0.39 is 5.91 Å². The molecule has 2 aromatic rings. The number of nitrogens with one attached hydrogen (secondary N) is 1. The van der Waals surface area contributed by atoms with Crippen molar-refractivity contribution in [2.24, 2.45) is 0 Å². The molecule has 124 valence electrons. The number of anilines is 1. The van der Waals surface area contributed by atoms with E-state index in [4.69, 9.17) is 21.6 Å². The Kier molecular flexibility index (Phi) is 6.17. The number of ether oxygens (including phenoxy) is 1. The lowest BCUT2D eigenvalue weighted by Crippen LogP contribution is -2.13. The molecule has 0 heterocycles. The summed E-state index contributed by atoms with van der Waals surface area (Å²) in [6, 6.07) is 15.8. The van der Waals surface area contributed by atoms with Crippen molar-refractivity contribution in [1.82, 2.24) is 0 Å². The summed E-state index contributed by atoms with van der Waals surface area (Å²) in [6.45, 7) is 1.80. The summed E-state index contributed by atoms with van der Waals surface area (Å²) in [6.07, 6.45) is 1.44. The van der Waals surface area contributed by atoms with Gasteiger partial charge in [0.1, 0.15) is 23.5 Å². The monoisotopic (exact) mass is 351 g/mol. The van der Waals surface area contributed by atoms with E-state index in [-0.39, 0.29) is 12.2 Å². The number of nitriles is 2. The van der Waals surface area contributed by atoms with Gasteiger partial charge < -0.3 is 10.1 Å². The lowest BCUT2D eigenvalue weighted by molar-refractivity contribution is -0.112. The first-order valence-corrected chi connectivity index (χ1v) is 7.70. The molecule has 5 nitrogen and oxygen atoms in total. The Hall–Kier alpha value is -3.28. The normalized spacial score (nSPS) is 10.5. The van der Waals surface area contributed by atoms with Crippen LogP contribution in [-0.4, -0.2) is 12.5 Å². The maximum Gasteiger partial charge on any atom is 0.266 e. The molecule has 0 aliphatic heterocycles. The summed E-state index contributed by atoms with van der Waals surface area (Å²) in [7, 11) is 0. The number of carbonyl (C=O) groups is 1. The first-order valence-electron chi connectivity index (χ1n) is 7.32. The number of rotatable bonds is 5. The van der Waals surface area contributed by atoms with Gasteiger partial charge in [-0.15, -0.1) is 0 Å². The molecule has 0 aromatic heterocycles. The maximum atomic E-state index is 12.3. The van der Waals surface area contributed by atoms with Crippen LogP contribution in [0.2, 0.25) is 5.02 Å². The summed E-state index contributed by atoms with van der Waals surface area (Å²) in [5.74, 6) is -0.142. The van der Waals surface area contributed by atoms with E-state index in [9.17, 15) is 10.1 Å². The Morgan fingerprint density at radius 1 is 1.28 bits per heavy atom. The van der Waals surface area contributed by atoms with Gasteiger partial charge in [0, 0.05) is 5.69 Å². The van der Waals surface area contributed by atoms with Crippen LogP contribution in [0.5, 0.6) is 5.75 Å². The Balaban J connectivity index is 2.19. The first kappa shape index (κ1) is 18.1. The highest BCUT2D eigenvalue weighted by Gasteiger charge is 2.10. The molecule has 0 bridgehead atoms. The molecule has 0 atom stereocenters. The van der Waals surface area contributed by atoms with E-state index in [0.717, 1.165) is 5.56 Å². The standard InChI is InChI=1S/C19H14ClN3O2/c1-13-3-2-4-16(9-13)23-19(24)15(12-22)10-14-5-6-18(17(20)11-14)25-8-7-21/h2-6,9-11H,8H2,1H3,(H,23,24)/b15-10+. The Bertz CT molecular complexity index is 908. The zero-order valence-electron chi connectivity index (χ0n) is 13.4. The fourth-order valence-corrected chi connectivity index (χ4v) is 2.31. The number of aryl methyl sites for hydroxylation is 1. The Morgan fingerprint density at radius 2 is 2.08 bits per heavy atom. The van der Waals surface area contributed by atoms with Gasteiger partial charge in [-0.1, -0.05) is 29.8 Å². The second-order valence-corrected chi connectivity index (χ2v) is 5.54. The number of nitrogens with zero attached hydrogens (tertiary/aromatic N) is 2. The predicted molar refractivity (Wildman–Crippen MR) is 96.0 cm³/mol. The number of hydrogen-bond donors (Lipinski definition) is 1. The number of benzene rings is 2. The molecular weight excluding hydrogens is 338 g/mol. The number of halogens is 1. The molecule has 0 unspecified atom stereocenters. The van der Waals surface area contributed by atoms with E-state index in [1.807, 2.05) is 37.3 Å². The van der Waals surface area contributed by atoms with E-state index >= 15 is 0 Å². The number of carbonyl (C=O) groups excluding carboxylic acids is 1. The van der Waals surface area contributed by atoms with Crippen molar-refractivity contribution < 1.29 is 9.53 Å². The average molecular weight is 352 g/mol. The number of hydrogen-bond acceptors (Lipinski definition) is 4. The van der Waals surface area contributed by atoms with E-state index in [2.05, 4.69) is 5.32 Å². The minimum atomic E-state index is -0.506. The van der Waals surface area contributed by atoms with Gasteiger partial charge in [0.05, 0.1) is 5.02 Å². The third kappa shape index (κ3) is 5.10. The van der Waals surface area contributed by atoms with Gasteiger partial charge in [-0.2, -0.15) is 10.5 Å². The molecule has 0 spiro atoms. The minimum absolute atomic E-state index is 0.0525. The topological polar surface area (TPSA) is 85.9 Å². The van der Waals surface area contributed by atoms with Crippen LogP contribution in [0.25, 0.3) is 6.08 Å². The lowest BCUT2D eigenvalue weighted by Gasteiger charge is -2.06. The summed E-state index contributed by atoms with van der Waals surface area (Å²) in [5.41, 5.74) is 2.14.